The van der Waals surface area contributed by atoms with E-state index < -0.39 is 17.9 Å². The number of rotatable bonds is 6. The van der Waals surface area contributed by atoms with Gasteiger partial charge >= 0.3 is 5.97 Å². The van der Waals surface area contributed by atoms with Gasteiger partial charge in [0, 0.05) is 0 Å². The Bertz CT molecular complexity index is 226. The first-order chi connectivity index (χ1) is 6.61. The van der Waals surface area contributed by atoms with Gasteiger partial charge < -0.3 is 16.2 Å². The van der Waals surface area contributed by atoms with Crippen LogP contribution in [-0.4, -0.2) is 29.6 Å². The molecule has 1 atom stereocenters. The van der Waals surface area contributed by atoms with E-state index in [0.29, 0.717) is 19.4 Å². The lowest BCUT2D eigenvalue weighted by Gasteiger charge is -2.12. The van der Waals surface area contributed by atoms with Gasteiger partial charge in [0.05, 0.1) is 0 Å². The first kappa shape index (κ1) is 12.6. The third kappa shape index (κ3) is 5.31. The van der Waals surface area contributed by atoms with Crippen LogP contribution in [0.3, 0.4) is 0 Å². The molecular weight excluding hydrogens is 184 g/mol. The third-order valence-electron chi connectivity index (χ3n) is 1.63. The first-order valence-electron chi connectivity index (χ1n) is 4.48. The van der Waals surface area contributed by atoms with E-state index in [-0.39, 0.29) is 0 Å². The topological polar surface area (TPSA) is 92.4 Å². The molecule has 0 unspecified atom stereocenters. The fourth-order valence-electron chi connectivity index (χ4n) is 0.951. The van der Waals surface area contributed by atoms with Crippen molar-refractivity contribution >= 4 is 11.9 Å². The van der Waals surface area contributed by atoms with Gasteiger partial charge in [0.15, 0.2) is 0 Å². The smallest absolute Gasteiger partial charge is 0.326 e. The van der Waals surface area contributed by atoms with E-state index in [9.17, 15) is 9.59 Å². The van der Waals surface area contributed by atoms with Crippen LogP contribution in [0, 0.1) is 0 Å². The van der Waals surface area contributed by atoms with E-state index in [4.69, 9.17) is 10.8 Å². The Kier molecular flexibility index (Phi) is 6.39. The molecule has 4 N–H and O–H groups in total. The van der Waals surface area contributed by atoms with Gasteiger partial charge in [-0.1, -0.05) is 6.08 Å². The molecule has 0 aliphatic heterocycles. The van der Waals surface area contributed by atoms with E-state index in [1.54, 1.807) is 13.0 Å². The van der Waals surface area contributed by atoms with Crippen LogP contribution in [0.1, 0.15) is 19.8 Å². The second-order valence-electron chi connectivity index (χ2n) is 2.83. The van der Waals surface area contributed by atoms with Gasteiger partial charge in [-0.2, -0.15) is 0 Å². The minimum Gasteiger partial charge on any atom is -0.480 e. The zero-order chi connectivity index (χ0) is 11.0. The fourth-order valence-corrected chi connectivity index (χ4v) is 0.951. The zero-order valence-electron chi connectivity index (χ0n) is 8.19. The highest BCUT2D eigenvalue weighted by Crippen LogP contribution is 1.96. The monoisotopic (exact) mass is 200 g/mol. The summed E-state index contributed by atoms with van der Waals surface area (Å²) in [6, 6.07) is -0.845. The first-order valence-corrected chi connectivity index (χ1v) is 4.48. The van der Waals surface area contributed by atoms with E-state index in [1.165, 1.54) is 6.08 Å². The van der Waals surface area contributed by atoms with Gasteiger partial charge in [-0.25, -0.2) is 4.79 Å². The Hall–Kier alpha value is -1.36. The highest BCUT2D eigenvalue weighted by atomic mass is 16.4. The lowest BCUT2D eigenvalue weighted by Crippen LogP contribution is -2.40. The van der Waals surface area contributed by atoms with Gasteiger partial charge in [0.25, 0.3) is 0 Å². The molecule has 5 heteroatoms. The number of carbonyl (C=O) groups is 2. The lowest BCUT2D eigenvalue weighted by molar-refractivity contribution is -0.141. The molecule has 0 rings (SSSR count). The molecule has 80 valence electrons. The number of carbonyl (C=O) groups excluding carboxylic acids is 1. The van der Waals surface area contributed by atoms with E-state index in [2.05, 4.69) is 5.32 Å². The van der Waals surface area contributed by atoms with Crippen molar-refractivity contribution in [3.05, 3.63) is 12.2 Å². The summed E-state index contributed by atoms with van der Waals surface area (Å²) < 4.78 is 0. The number of carboxylic acid groups (broad SMARTS) is 1. The second kappa shape index (κ2) is 7.08. The van der Waals surface area contributed by atoms with Crippen LogP contribution in [0.4, 0.5) is 0 Å². The molecule has 0 aliphatic rings. The Labute approximate surface area is 83.0 Å². The van der Waals surface area contributed by atoms with Crippen molar-refractivity contribution in [2.75, 3.05) is 6.54 Å². The Balaban J connectivity index is 4.08. The lowest BCUT2D eigenvalue weighted by atomic mass is 10.1. The van der Waals surface area contributed by atoms with Crippen molar-refractivity contribution in [1.29, 1.82) is 0 Å². The van der Waals surface area contributed by atoms with Crippen LogP contribution in [0.2, 0.25) is 0 Å². The molecule has 5 nitrogen and oxygen atoms in total. The van der Waals surface area contributed by atoms with Crippen LogP contribution in [0.5, 0.6) is 0 Å². The highest BCUT2D eigenvalue weighted by molar-refractivity contribution is 5.90. The molecule has 0 bridgehead atoms. The molecular formula is C9H16N2O3. The maximum absolute atomic E-state index is 11.0. The van der Waals surface area contributed by atoms with Crippen LogP contribution in [-0.2, 0) is 9.59 Å². The number of aliphatic carboxylic acids is 1. The molecule has 14 heavy (non-hydrogen) atoms. The molecule has 0 spiro atoms. The van der Waals surface area contributed by atoms with Crippen molar-refractivity contribution in [1.82, 2.24) is 5.32 Å². The fraction of sp³-hybridized carbons (Fsp3) is 0.556. The number of hydrogen-bond acceptors (Lipinski definition) is 3. The summed E-state index contributed by atoms with van der Waals surface area (Å²) >= 11 is 0. The van der Waals surface area contributed by atoms with Crippen LogP contribution in [0.15, 0.2) is 12.2 Å². The average Bonchev–Trinajstić information content (AvgIpc) is 2.12. The van der Waals surface area contributed by atoms with Gasteiger partial charge in [0.2, 0.25) is 5.91 Å². The largest absolute Gasteiger partial charge is 0.480 e. The van der Waals surface area contributed by atoms with Crippen molar-refractivity contribution in [2.24, 2.45) is 5.73 Å². The zero-order valence-corrected chi connectivity index (χ0v) is 8.19. The van der Waals surface area contributed by atoms with Crippen LogP contribution in [0.25, 0.3) is 0 Å². The minimum atomic E-state index is -1.03. The van der Waals surface area contributed by atoms with E-state index in [1.807, 2.05) is 0 Å². The number of amides is 1. The standard InChI is InChI=1S/C9H16N2O3/c1-2-4-8(12)11-7(9(13)14)5-3-6-10/h2,4,7H,3,5-6,10H2,1H3,(H,11,12)(H,13,14)/t7-/m0/s1. The molecule has 0 aromatic heterocycles. The van der Waals surface area contributed by atoms with E-state index >= 15 is 0 Å². The molecule has 0 heterocycles. The van der Waals surface area contributed by atoms with Crippen molar-refractivity contribution in [3.63, 3.8) is 0 Å². The Morgan fingerprint density at radius 2 is 2.21 bits per heavy atom. The predicted molar refractivity (Wildman–Crippen MR) is 52.7 cm³/mol. The number of hydrogen-bond donors (Lipinski definition) is 3. The molecule has 0 radical (unpaired) electrons. The van der Waals surface area contributed by atoms with Gasteiger partial charge in [-0.15, -0.1) is 0 Å². The molecule has 0 aromatic rings. The summed E-state index contributed by atoms with van der Waals surface area (Å²) in [5.41, 5.74) is 5.25. The summed E-state index contributed by atoms with van der Waals surface area (Å²) in [5.74, 6) is -1.42. The summed E-state index contributed by atoms with van der Waals surface area (Å²) in [6.45, 7) is 2.11. The molecule has 0 aliphatic carbocycles. The molecule has 1 amide bonds. The Morgan fingerprint density at radius 3 is 2.64 bits per heavy atom. The van der Waals surface area contributed by atoms with Gasteiger partial charge in [-0.3, -0.25) is 4.79 Å². The quantitative estimate of drug-likeness (QED) is 0.521. The Morgan fingerprint density at radius 1 is 1.57 bits per heavy atom. The van der Waals surface area contributed by atoms with Crippen LogP contribution < -0.4 is 11.1 Å². The molecule has 0 saturated heterocycles. The highest BCUT2D eigenvalue weighted by Gasteiger charge is 2.17. The third-order valence-corrected chi connectivity index (χ3v) is 1.63. The van der Waals surface area contributed by atoms with E-state index in [0.717, 1.165) is 0 Å². The summed E-state index contributed by atoms with van der Waals surface area (Å²) in [6.07, 6.45) is 3.78. The maximum Gasteiger partial charge on any atom is 0.326 e. The second-order valence-corrected chi connectivity index (χ2v) is 2.83. The van der Waals surface area contributed by atoms with Gasteiger partial charge in [-0.05, 0) is 32.4 Å². The summed E-state index contributed by atoms with van der Waals surface area (Å²) in [4.78, 5) is 21.7. The maximum atomic E-state index is 11.0. The van der Waals surface area contributed by atoms with Crippen LogP contribution >= 0.6 is 0 Å². The summed E-state index contributed by atoms with van der Waals surface area (Å²) in [5, 5.41) is 11.1. The summed E-state index contributed by atoms with van der Waals surface area (Å²) in [7, 11) is 0. The number of nitrogens with two attached hydrogens (primary N) is 1. The molecule has 0 saturated carbocycles. The molecule has 0 aromatic carbocycles. The van der Waals surface area contributed by atoms with Crippen molar-refractivity contribution in [2.45, 2.75) is 25.8 Å². The SMILES string of the molecule is CC=CC(=O)N[C@@H](CCCN)C(=O)O. The molecule has 0 fully saturated rings. The van der Waals surface area contributed by atoms with Gasteiger partial charge in [0.1, 0.15) is 6.04 Å². The normalized spacial score (nSPS) is 12.7. The average molecular weight is 200 g/mol. The number of allylic oxidation sites excluding steroid dienone is 1. The van der Waals surface area contributed by atoms with Crippen molar-refractivity contribution in [3.8, 4) is 0 Å². The minimum absolute atomic E-state index is 0.356. The number of carboxylic acids is 1. The predicted octanol–water partition coefficient (Wildman–Crippen LogP) is -0.129. The number of nitrogens with one attached hydrogen (secondary N) is 1. The van der Waals surface area contributed by atoms with Crippen molar-refractivity contribution < 1.29 is 14.7 Å².